The van der Waals surface area contributed by atoms with Gasteiger partial charge in [0.2, 0.25) is 0 Å². The Kier molecular flexibility index (Phi) is 7.09. The fourth-order valence-corrected chi connectivity index (χ4v) is 2.96. The van der Waals surface area contributed by atoms with Crippen LogP contribution in [0.15, 0.2) is 0 Å². The van der Waals surface area contributed by atoms with Crippen molar-refractivity contribution in [1.82, 2.24) is 5.32 Å². The van der Waals surface area contributed by atoms with E-state index in [2.05, 4.69) is 12.2 Å². The molecule has 4 N–H and O–H groups in total. The second-order valence-corrected chi connectivity index (χ2v) is 5.51. The van der Waals surface area contributed by atoms with E-state index in [1.165, 1.54) is 44.9 Å². The van der Waals surface area contributed by atoms with Gasteiger partial charge < -0.3 is 16.2 Å². The van der Waals surface area contributed by atoms with E-state index in [9.17, 15) is 0 Å². The predicted molar refractivity (Wildman–Crippen MR) is 73.0 cm³/mol. The standard InChI is InChI=1S/C14H30N2O/c1-2-13(8-11-17)16-14(12-15)9-6-4-3-5-7-10-14/h13,16-17H,2-12,15H2,1H3. The van der Waals surface area contributed by atoms with E-state index in [1.807, 2.05) is 0 Å². The van der Waals surface area contributed by atoms with Crippen LogP contribution < -0.4 is 11.1 Å². The molecule has 1 atom stereocenters. The summed E-state index contributed by atoms with van der Waals surface area (Å²) >= 11 is 0. The molecule has 3 nitrogen and oxygen atoms in total. The molecule has 1 saturated carbocycles. The average Bonchev–Trinajstić information content (AvgIpc) is 2.32. The molecule has 0 radical (unpaired) electrons. The van der Waals surface area contributed by atoms with Crippen LogP contribution in [0.3, 0.4) is 0 Å². The maximum Gasteiger partial charge on any atom is 0.0445 e. The molecule has 3 heteroatoms. The molecule has 0 aliphatic heterocycles. The smallest absolute Gasteiger partial charge is 0.0445 e. The Hall–Kier alpha value is -0.120. The third-order valence-corrected chi connectivity index (χ3v) is 4.18. The Balaban J connectivity index is 2.56. The molecule has 1 fully saturated rings. The van der Waals surface area contributed by atoms with Gasteiger partial charge in [-0.2, -0.15) is 0 Å². The SMILES string of the molecule is CCC(CCO)NC1(CN)CCCCCCC1. The molecule has 102 valence electrons. The van der Waals surface area contributed by atoms with Crippen molar-refractivity contribution >= 4 is 0 Å². The van der Waals surface area contributed by atoms with Crippen LogP contribution in [0.1, 0.15) is 64.7 Å². The molecule has 17 heavy (non-hydrogen) atoms. The van der Waals surface area contributed by atoms with Crippen molar-refractivity contribution < 1.29 is 5.11 Å². The Morgan fingerprint density at radius 2 is 1.76 bits per heavy atom. The van der Waals surface area contributed by atoms with Gasteiger partial charge in [0.05, 0.1) is 0 Å². The zero-order valence-corrected chi connectivity index (χ0v) is 11.4. The lowest BCUT2D eigenvalue weighted by molar-refractivity contribution is 0.197. The van der Waals surface area contributed by atoms with Gasteiger partial charge >= 0.3 is 0 Å². The average molecular weight is 242 g/mol. The van der Waals surface area contributed by atoms with Crippen molar-refractivity contribution in [2.24, 2.45) is 5.73 Å². The van der Waals surface area contributed by atoms with Gasteiger partial charge in [0.15, 0.2) is 0 Å². The van der Waals surface area contributed by atoms with E-state index in [0.29, 0.717) is 6.04 Å². The van der Waals surface area contributed by atoms with Gasteiger partial charge in [-0.15, -0.1) is 0 Å². The lowest BCUT2D eigenvalue weighted by Gasteiger charge is -2.39. The summed E-state index contributed by atoms with van der Waals surface area (Å²) in [6.07, 6.45) is 11.0. The first-order chi connectivity index (χ1) is 8.26. The van der Waals surface area contributed by atoms with Gasteiger partial charge in [0.1, 0.15) is 0 Å². The van der Waals surface area contributed by atoms with E-state index < -0.39 is 0 Å². The van der Waals surface area contributed by atoms with Crippen LogP contribution in [0.2, 0.25) is 0 Å². The molecule has 0 heterocycles. The first-order valence-corrected chi connectivity index (χ1v) is 7.35. The number of aliphatic hydroxyl groups is 1. The molecular weight excluding hydrogens is 212 g/mol. The molecule has 1 aliphatic rings. The van der Waals surface area contributed by atoms with Crippen molar-refractivity contribution in [3.05, 3.63) is 0 Å². The Bertz CT molecular complexity index is 189. The monoisotopic (exact) mass is 242 g/mol. The Morgan fingerprint density at radius 3 is 2.24 bits per heavy atom. The highest BCUT2D eigenvalue weighted by Crippen LogP contribution is 2.26. The number of hydrogen-bond donors (Lipinski definition) is 3. The molecule has 1 rings (SSSR count). The summed E-state index contributed by atoms with van der Waals surface area (Å²) in [7, 11) is 0. The maximum absolute atomic E-state index is 9.08. The van der Waals surface area contributed by atoms with Crippen LogP contribution in [0, 0.1) is 0 Å². The maximum atomic E-state index is 9.08. The fraction of sp³-hybridized carbons (Fsp3) is 1.00. The highest BCUT2D eigenvalue weighted by Gasteiger charge is 2.30. The van der Waals surface area contributed by atoms with Crippen LogP contribution in [0.4, 0.5) is 0 Å². The third-order valence-electron chi connectivity index (χ3n) is 4.18. The molecule has 0 amide bonds. The number of nitrogens with two attached hydrogens (primary N) is 1. The topological polar surface area (TPSA) is 58.3 Å². The molecule has 0 bridgehead atoms. The second-order valence-electron chi connectivity index (χ2n) is 5.51. The minimum atomic E-state index is 0.135. The lowest BCUT2D eigenvalue weighted by Crippen LogP contribution is -2.55. The third kappa shape index (κ3) is 4.94. The van der Waals surface area contributed by atoms with Gasteiger partial charge in [-0.1, -0.05) is 39.0 Å². The highest BCUT2D eigenvalue weighted by molar-refractivity contribution is 4.92. The molecule has 0 aromatic carbocycles. The van der Waals surface area contributed by atoms with Crippen molar-refractivity contribution in [2.45, 2.75) is 76.3 Å². The Morgan fingerprint density at radius 1 is 1.18 bits per heavy atom. The van der Waals surface area contributed by atoms with Gasteiger partial charge in [-0.25, -0.2) is 0 Å². The van der Waals surface area contributed by atoms with Crippen LogP contribution in [0.25, 0.3) is 0 Å². The van der Waals surface area contributed by atoms with Crippen molar-refractivity contribution in [3.63, 3.8) is 0 Å². The first kappa shape index (κ1) is 14.9. The van der Waals surface area contributed by atoms with Crippen LogP contribution in [0.5, 0.6) is 0 Å². The normalized spacial score (nSPS) is 22.8. The minimum Gasteiger partial charge on any atom is -0.396 e. The van der Waals surface area contributed by atoms with E-state index in [1.54, 1.807) is 0 Å². The van der Waals surface area contributed by atoms with Gasteiger partial charge in [-0.3, -0.25) is 0 Å². The summed E-state index contributed by atoms with van der Waals surface area (Å²) in [4.78, 5) is 0. The number of rotatable bonds is 6. The quantitative estimate of drug-likeness (QED) is 0.669. The van der Waals surface area contributed by atoms with E-state index in [4.69, 9.17) is 10.8 Å². The van der Waals surface area contributed by atoms with Crippen LogP contribution in [-0.2, 0) is 0 Å². The summed E-state index contributed by atoms with van der Waals surface area (Å²) in [5.41, 5.74) is 6.17. The van der Waals surface area contributed by atoms with Crippen LogP contribution >= 0.6 is 0 Å². The summed E-state index contributed by atoms with van der Waals surface area (Å²) in [6, 6.07) is 0.419. The van der Waals surface area contributed by atoms with Crippen molar-refractivity contribution in [1.29, 1.82) is 0 Å². The lowest BCUT2D eigenvalue weighted by atomic mass is 9.83. The number of aliphatic hydroxyl groups excluding tert-OH is 1. The zero-order valence-electron chi connectivity index (χ0n) is 11.4. The summed E-state index contributed by atoms with van der Waals surface area (Å²) in [5, 5.41) is 12.8. The second kappa shape index (κ2) is 8.06. The van der Waals surface area contributed by atoms with E-state index >= 15 is 0 Å². The first-order valence-electron chi connectivity index (χ1n) is 7.35. The highest BCUT2D eigenvalue weighted by atomic mass is 16.3. The Labute approximate surface area is 106 Å². The van der Waals surface area contributed by atoms with Crippen molar-refractivity contribution in [2.75, 3.05) is 13.2 Å². The van der Waals surface area contributed by atoms with E-state index in [0.717, 1.165) is 19.4 Å². The van der Waals surface area contributed by atoms with Gasteiger partial charge in [0, 0.05) is 24.7 Å². The summed E-state index contributed by atoms with van der Waals surface area (Å²) in [6.45, 7) is 3.18. The minimum absolute atomic E-state index is 0.135. The number of nitrogens with one attached hydrogen (secondary N) is 1. The van der Waals surface area contributed by atoms with Crippen LogP contribution in [-0.4, -0.2) is 29.8 Å². The summed E-state index contributed by atoms with van der Waals surface area (Å²) in [5.74, 6) is 0. The van der Waals surface area contributed by atoms with E-state index in [-0.39, 0.29) is 12.1 Å². The summed E-state index contributed by atoms with van der Waals surface area (Å²) < 4.78 is 0. The molecule has 0 aromatic heterocycles. The molecule has 1 unspecified atom stereocenters. The molecule has 0 aromatic rings. The van der Waals surface area contributed by atoms with Gasteiger partial charge in [-0.05, 0) is 25.7 Å². The molecular formula is C14H30N2O. The molecule has 0 spiro atoms. The predicted octanol–water partition coefficient (Wildman–Crippen LogP) is 2.18. The van der Waals surface area contributed by atoms with Gasteiger partial charge in [0.25, 0.3) is 0 Å². The van der Waals surface area contributed by atoms with Crippen molar-refractivity contribution in [3.8, 4) is 0 Å². The number of hydrogen-bond acceptors (Lipinski definition) is 3. The molecule has 1 aliphatic carbocycles. The fourth-order valence-electron chi connectivity index (χ4n) is 2.96. The largest absolute Gasteiger partial charge is 0.396 e. The molecule has 0 saturated heterocycles. The zero-order chi connectivity index (χ0) is 12.6.